The number of nitrogens with one attached hydrogen (secondary N) is 2. The van der Waals surface area contributed by atoms with Crippen LogP contribution in [0.25, 0.3) is 0 Å². The highest BCUT2D eigenvalue weighted by molar-refractivity contribution is 6.30. The normalized spacial score (nSPS) is 17.2. The van der Waals surface area contributed by atoms with Gasteiger partial charge in [0.25, 0.3) is 5.91 Å². The van der Waals surface area contributed by atoms with E-state index in [0.29, 0.717) is 16.3 Å². The van der Waals surface area contributed by atoms with Gasteiger partial charge in [0, 0.05) is 28.9 Å². The Kier molecular flexibility index (Phi) is 4.61. The lowest BCUT2D eigenvalue weighted by Gasteiger charge is -2.13. The molecule has 2 aromatic rings. The Balaban J connectivity index is 1.66. The zero-order chi connectivity index (χ0) is 15.4. The van der Waals surface area contributed by atoms with E-state index in [2.05, 4.69) is 10.6 Å². The highest BCUT2D eigenvalue weighted by Crippen LogP contribution is 2.21. The molecule has 1 heterocycles. The van der Waals surface area contributed by atoms with Gasteiger partial charge >= 0.3 is 0 Å². The molecule has 4 nitrogen and oxygen atoms in total. The molecular weight excluding hydrogens is 300 g/mol. The summed E-state index contributed by atoms with van der Waals surface area (Å²) in [5.74, 6) is 0.596. The molecule has 2 N–H and O–H groups in total. The number of amides is 1. The van der Waals surface area contributed by atoms with Crippen molar-refractivity contribution in [1.29, 1.82) is 0 Å². The van der Waals surface area contributed by atoms with E-state index in [0.717, 1.165) is 25.3 Å². The predicted molar refractivity (Wildman–Crippen MR) is 87.7 cm³/mol. The number of rotatable bonds is 4. The summed E-state index contributed by atoms with van der Waals surface area (Å²) in [7, 11) is 0. The minimum absolute atomic E-state index is 0.170. The van der Waals surface area contributed by atoms with Gasteiger partial charge in [0.05, 0.1) is 0 Å². The Labute approximate surface area is 134 Å². The molecule has 0 aliphatic carbocycles. The lowest BCUT2D eigenvalue weighted by atomic mass is 10.2. The lowest BCUT2D eigenvalue weighted by molar-refractivity contribution is 0.102. The van der Waals surface area contributed by atoms with Crippen molar-refractivity contribution >= 4 is 23.2 Å². The molecule has 2 aromatic carbocycles. The molecule has 0 saturated carbocycles. The summed E-state index contributed by atoms with van der Waals surface area (Å²) >= 11 is 5.82. The zero-order valence-corrected chi connectivity index (χ0v) is 12.8. The number of carbonyl (C=O) groups is 1. The molecule has 1 aliphatic heterocycles. The smallest absolute Gasteiger partial charge is 0.255 e. The maximum atomic E-state index is 12.2. The van der Waals surface area contributed by atoms with E-state index < -0.39 is 0 Å². The molecule has 1 aliphatic rings. The average molecular weight is 317 g/mol. The van der Waals surface area contributed by atoms with Crippen LogP contribution in [-0.4, -0.2) is 25.1 Å². The first kappa shape index (κ1) is 14.9. The monoisotopic (exact) mass is 316 g/mol. The molecule has 1 saturated heterocycles. The topological polar surface area (TPSA) is 50.4 Å². The van der Waals surface area contributed by atoms with Gasteiger partial charge in [-0.2, -0.15) is 0 Å². The van der Waals surface area contributed by atoms with Crippen molar-refractivity contribution in [1.82, 2.24) is 5.32 Å². The van der Waals surface area contributed by atoms with Gasteiger partial charge in [0.15, 0.2) is 0 Å². The van der Waals surface area contributed by atoms with E-state index >= 15 is 0 Å². The quantitative estimate of drug-likeness (QED) is 0.909. The number of ether oxygens (including phenoxy) is 1. The maximum absolute atomic E-state index is 12.2. The number of anilines is 1. The molecule has 0 bridgehead atoms. The van der Waals surface area contributed by atoms with Crippen LogP contribution in [0.1, 0.15) is 16.8 Å². The second kappa shape index (κ2) is 6.81. The highest BCUT2D eigenvalue weighted by atomic mass is 35.5. The van der Waals surface area contributed by atoms with Crippen molar-refractivity contribution in [2.24, 2.45) is 0 Å². The fourth-order valence-electron chi connectivity index (χ4n) is 2.37. The van der Waals surface area contributed by atoms with Crippen molar-refractivity contribution < 1.29 is 9.53 Å². The fourth-order valence-corrected chi connectivity index (χ4v) is 2.50. The summed E-state index contributed by atoms with van der Waals surface area (Å²) in [4.78, 5) is 12.2. The molecule has 0 aromatic heterocycles. The Bertz CT molecular complexity index is 652. The highest BCUT2D eigenvalue weighted by Gasteiger charge is 2.16. The van der Waals surface area contributed by atoms with Crippen LogP contribution in [0.3, 0.4) is 0 Å². The molecule has 22 heavy (non-hydrogen) atoms. The number of halogens is 1. The first-order valence-electron chi connectivity index (χ1n) is 7.25. The second-order valence-corrected chi connectivity index (χ2v) is 5.66. The molecule has 3 rings (SSSR count). The molecule has 114 valence electrons. The van der Waals surface area contributed by atoms with Crippen LogP contribution >= 0.6 is 11.6 Å². The predicted octanol–water partition coefficient (Wildman–Crippen LogP) is 3.33. The van der Waals surface area contributed by atoms with E-state index in [-0.39, 0.29) is 12.0 Å². The van der Waals surface area contributed by atoms with Crippen LogP contribution in [0.15, 0.2) is 48.5 Å². The van der Waals surface area contributed by atoms with Gasteiger partial charge in [-0.25, -0.2) is 0 Å². The largest absolute Gasteiger partial charge is 0.489 e. The molecule has 1 atom stereocenters. The van der Waals surface area contributed by atoms with Gasteiger partial charge in [0.2, 0.25) is 0 Å². The third-order valence-electron chi connectivity index (χ3n) is 3.52. The minimum Gasteiger partial charge on any atom is -0.489 e. The summed E-state index contributed by atoms with van der Waals surface area (Å²) in [5.41, 5.74) is 1.28. The molecule has 1 amide bonds. The van der Waals surface area contributed by atoms with Crippen LogP contribution < -0.4 is 15.4 Å². The molecule has 0 spiro atoms. The van der Waals surface area contributed by atoms with Crippen LogP contribution in [-0.2, 0) is 0 Å². The van der Waals surface area contributed by atoms with E-state index in [1.165, 1.54) is 0 Å². The zero-order valence-electron chi connectivity index (χ0n) is 12.0. The van der Waals surface area contributed by atoms with Crippen molar-refractivity contribution in [2.75, 3.05) is 18.4 Å². The van der Waals surface area contributed by atoms with Crippen LogP contribution in [0.4, 0.5) is 5.69 Å². The molecular formula is C17H17ClN2O2. The summed E-state index contributed by atoms with van der Waals surface area (Å²) in [6.07, 6.45) is 1.20. The lowest BCUT2D eigenvalue weighted by Crippen LogP contribution is -2.19. The van der Waals surface area contributed by atoms with Crippen molar-refractivity contribution in [3.63, 3.8) is 0 Å². The van der Waals surface area contributed by atoms with Gasteiger partial charge in [0.1, 0.15) is 11.9 Å². The van der Waals surface area contributed by atoms with Crippen LogP contribution in [0.5, 0.6) is 5.75 Å². The van der Waals surface area contributed by atoms with Gasteiger partial charge < -0.3 is 15.4 Å². The van der Waals surface area contributed by atoms with Crippen LogP contribution in [0.2, 0.25) is 5.02 Å². The van der Waals surface area contributed by atoms with E-state index in [4.69, 9.17) is 16.3 Å². The van der Waals surface area contributed by atoms with Gasteiger partial charge in [-0.1, -0.05) is 17.7 Å². The summed E-state index contributed by atoms with van der Waals surface area (Å²) in [5, 5.41) is 6.73. The second-order valence-electron chi connectivity index (χ2n) is 5.22. The minimum atomic E-state index is -0.170. The molecule has 5 heteroatoms. The first-order chi connectivity index (χ1) is 10.7. The Morgan fingerprint density at radius 3 is 2.77 bits per heavy atom. The summed E-state index contributed by atoms with van der Waals surface area (Å²) < 4.78 is 5.89. The van der Waals surface area contributed by atoms with E-state index in [1.54, 1.807) is 24.3 Å². The van der Waals surface area contributed by atoms with Gasteiger partial charge in [-0.15, -0.1) is 0 Å². The first-order valence-corrected chi connectivity index (χ1v) is 7.63. The van der Waals surface area contributed by atoms with Gasteiger partial charge in [-0.05, 0) is 49.4 Å². The van der Waals surface area contributed by atoms with Gasteiger partial charge in [-0.3, -0.25) is 4.79 Å². The number of hydrogen-bond acceptors (Lipinski definition) is 3. The summed E-state index contributed by atoms with van der Waals surface area (Å²) in [6.45, 7) is 1.85. The number of carbonyl (C=O) groups excluding carboxylic acids is 1. The summed E-state index contributed by atoms with van der Waals surface area (Å²) in [6, 6.07) is 14.2. The van der Waals surface area contributed by atoms with Crippen LogP contribution in [0, 0.1) is 0 Å². The van der Waals surface area contributed by atoms with Crippen molar-refractivity contribution in [3.8, 4) is 5.75 Å². The van der Waals surface area contributed by atoms with E-state index in [1.807, 2.05) is 24.3 Å². The SMILES string of the molecule is O=C(Nc1cccc(O[C@@H]2CCNC2)c1)c1ccc(Cl)cc1. The Hall–Kier alpha value is -2.04. The maximum Gasteiger partial charge on any atom is 0.255 e. The number of hydrogen-bond donors (Lipinski definition) is 2. The molecule has 1 fully saturated rings. The molecule has 0 unspecified atom stereocenters. The van der Waals surface area contributed by atoms with Crippen molar-refractivity contribution in [2.45, 2.75) is 12.5 Å². The molecule has 0 radical (unpaired) electrons. The third kappa shape index (κ3) is 3.78. The van der Waals surface area contributed by atoms with Crippen molar-refractivity contribution in [3.05, 3.63) is 59.1 Å². The standard InChI is InChI=1S/C17H17ClN2O2/c18-13-6-4-12(5-7-13)17(21)20-14-2-1-3-15(10-14)22-16-8-9-19-11-16/h1-7,10,16,19H,8-9,11H2,(H,20,21)/t16-/m1/s1. The third-order valence-corrected chi connectivity index (χ3v) is 3.77. The Morgan fingerprint density at radius 2 is 2.05 bits per heavy atom. The number of benzene rings is 2. The fraction of sp³-hybridized carbons (Fsp3) is 0.235. The van der Waals surface area contributed by atoms with E-state index in [9.17, 15) is 4.79 Å². The Morgan fingerprint density at radius 1 is 1.23 bits per heavy atom. The average Bonchev–Trinajstić information content (AvgIpc) is 3.01.